The van der Waals surface area contributed by atoms with E-state index in [0.29, 0.717) is 35.6 Å². The summed E-state index contributed by atoms with van der Waals surface area (Å²) in [5.74, 6) is -0.653. The Morgan fingerprint density at radius 3 is 2.61 bits per heavy atom. The number of hydrogen-bond acceptors (Lipinski definition) is 5. The highest BCUT2D eigenvalue weighted by atomic mass is 19.1. The van der Waals surface area contributed by atoms with Gasteiger partial charge in [0.1, 0.15) is 17.5 Å². The van der Waals surface area contributed by atoms with Gasteiger partial charge in [0.25, 0.3) is 0 Å². The zero-order chi connectivity index (χ0) is 23.1. The van der Waals surface area contributed by atoms with Crippen molar-refractivity contribution in [2.45, 2.75) is 45.6 Å². The van der Waals surface area contributed by atoms with Crippen molar-refractivity contribution in [3.05, 3.63) is 82.6 Å². The lowest BCUT2D eigenvalue weighted by Crippen LogP contribution is -2.21. The van der Waals surface area contributed by atoms with Crippen LogP contribution >= 0.6 is 0 Å². The summed E-state index contributed by atoms with van der Waals surface area (Å²) < 4.78 is 34.4. The Labute approximate surface area is 190 Å². The van der Waals surface area contributed by atoms with Gasteiger partial charge in [-0.15, -0.1) is 0 Å². The summed E-state index contributed by atoms with van der Waals surface area (Å²) in [5, 5.41) is 0.653. The van der Waals surface area contributed by atoms with Crippen LogP contribution < -0.4 is 0 Å². The average Bonchev–Trinajstić information content (AvgIpc) is 2.80. The molecule has 0 radical (unpaired) electrons. The number of nitrogens with zero attached hydrogens (tertiary/aromatic N) is 4. The molecular formula is C26H24F2N4O. The molecule has 4 aromatic rings. The van der Waals surface area contributed by atoms with Crippen molar-refractivity contribution in [1.82, 2.24) is 19.9 Å². The van der Waals surface area contributed by atoms with E-state index in [0.717, 1.165) is 35.0 Å². The van der Waals surface area contributed by atoms with Gasteiger partial charge in [0.2, 0.25) is 0 Å². The van der Waals surface area contributed by atoms with E-state index in [9.17, 15) is 8.78 Å². The molecule has 1 aliphatic rings. The largest absolute Gasteiger partial charge is 0.373 e. The number of benzene rings is 1. The lowest BCUT2D eigenvalue weighted by molar-refractivity contribution is 0.00393. The summed E-state index contributed by atoms with van der Waals surface area (Å²) in [6, 6.07) is 9.48. The fourth-order valence-electron chi connectivity index (χ4n) is 4.36. The highest BCUT2D eigenvalue weighted by molar-refractivity contribution is 5.91. The van der Waals surface area contributed by atoms with Crippen LogP contribution in [-0.2, 0) is 4.74 Å². The maximum atomic E-state index is 14.8. The van der Waals surface area contributed by atoms with Crippen molar-refractivity contribution in [3.63, 3.8) is 0 Å². The van der Waals surface area contributed by atoms with Gasteiger partial charge in [0.15, 0.2) is 5.65 Å². The SMILES string of the molecule is Cc1cc(C2CC(c3nc(-c4ccc(F)cc4F)c4cc(C)c(C)nc4n3)CCO2)ccn1. The molecule has 0 N–H and O–H groups in total. The van der Waals surface area contributed by atoms with Crippen LogP contribution in [0.5, 0.6) is 0 Å². The Morgan fingerprint density at radius 2 is 1.82 bits per heavy atom. The number of rotatable bonds is 3. The molecule has 5 nitrogen and oxygen atoms in total. The molecule has 0 amide bonds. The molecular weight excluding hydrogens is 422 g/mol. The van der Waals surface area contributed by atoms with E-state index in [1.165, 1.54) is 12.1 Å². The minimum absolute atomic E-state index is 0.0206. The van der Waals surface area contributed by atoms with E-state index in [1.54, 1.807) is 6.20 Å². The molecule has 1 aromatic carbocycles. The first-order chi connectivity index (χ1) is 15.9. The molecule has 0 bridgehead atoms. The van der Waals surface area contributed by atoms with Gasteiger partial charge in [-0.1, -0.05) is 0 Å². The Bertz CT molecular complexity index is 1360. The molecule has 3 aromatic heterocycles. The number of hydrogen-bond donors (Lipinski definition) is 0. The number of ether oxygens (including phenoxy) is 1. The van der Waals surface area contributed by atoms with Gasteiger partial charge >= 0.3 is 0 Å². The molecule has 2 atom stereocenters. The van der Waals surface area contributed by atoms with E-state index in [4.69, 9.17) is 14.7 Å². The zero-order valence-electron chi connectivity index (χ0n) is 18.8. The summed E-state index contributed by atoms with van der Waals surface area (Å²) in [6.45, 7) is 6.39. The third kappa shape index (κ3) is 4.20. The predicted molar refractivity (Wildman–Crippen MR) is 122 cm³/mol. The summed E-state index contributed by atoms with van der Waals surface area (Å²) in [6.07, 6.45) is 3.14. The van der Waals surface area contributed by atoms with Gasteiger partial charge < -0.3 is 4.74 Å². The van der Waals surface area contributed by atoms with Crippen LogP contribution in [0, 0.1) is 32.4 Å². The first-order valence-electron chi connectivity index (χ1n) is 11.0. The Kier molecular flexibility index (Phi) is 5.58. The van der Waals surface area contributed by atoms with E-state index in [-0.39, 0.29) is 17.6 Å². The highest BCUT2D eigenvalue weighted by Crippen LogP contribution is 2.38. The summed E-state index contributed by atoms with van der Waals surface area (Å²) in [4.78, 5) is 18.5. The Morgan fingerprint density at radius 1 is 0.970 bits per heavy atom. The van der Waals surface area contributed by atoms with Gasteiger partial charge in [0, 0.05) is 47.1 Å². The normalized spacial score (nSPS) is 18.6. The molecule has 0 saturated carbocycles. The second-order valence-corrected chi connectivity index (χ2v) is 8.63. The summed E-state index contributed by atoms with van der Waals surface area (Å²) in [5.41, 5.74) is 5.02. The molecule has 4 heterocycles. The lowest BCUT2D eigenvalue weighted by atomic mass is 9.91. The van der Waals surface area contributed by atoms with Gasteiger partial charge in [-0.25, -0.2) is 23.7 Å². The van der Waals surface area contributed by atoms with E-state index in [2.05, 4.69) is 9.97 Å². The lowest BCUT2D eigenvalue weighted by Gasteiger charge is -2.29. The first-order valence-corrected chi connectivity index (χ1v) is 11.0. The van der Waals surface area contributed by atoms with Crippen molar-refractivity contribution in [3.8, 4) is 11.3 Å². The highest BCUT2D eigenvalue weighted by Gasteiger charge is 2.28. The van der Waals surface area contributed by atoms with Crippen molar-refractivity contribution in [2.75, 3.05) is 6.61 Å². The topological polar surface area (TPSA) is 60.8 Å². The van der Waals surface area contributed by atoms with Crippen LogP contribution in [0.25, 0.3) is 22.3 Å². The van der Waals surface area contributed by atoms with Crippen LogP contribution in [0.4, 0.5) is 8.78 Å². The van der Waals surface area contributed by atoms with Gasteiger partial charge in [0.05, 0.1) is 11.8 Å². The molecule has 0 spiro atoms. The van der Waals surface area contributed by atoms with Crippen LogP contribution in [0.15, 0.2) is 42.6 Å². The number of halogens is 2. The number of pyridine rings is 2. The number of aryl methyl sites for hydroxylation is 3. The fourth-order valence-corrected chi connectivity index (χ4v) is 4.36. The van der Waals surface area contributed by atoms with Crippen molar-refractivity contribution in [2.24, 2.45) is 0 Å². The first kappa shape index (κ1) is 21.5. The van der Waals surface area contributed by atoms with E-state index in [1.807, 2.05) is 39.0 Å². The van der Waals surface area contributed by atoms with E-state index < -0.39 is 11.6 Å². The molecule has 1 saturated heterocycles. The van der Waals surface area contributed by atoms with Crippen LogP contribution in [0.1, 0.15) is 53.2 Å². The minimum Gasteiger partial charge on any atom is -0.373 e. The van der Waals surface area contributed by atoms with Gasteiger partial charge in [-0.05, 0) is 75.1 Å². The minimum atomic E-state index is -0.656. The van der Waals surface area contributed by atoms with Crippen molar-refractivity contribution >= 4 is 11.0 Å². The maximum Gasteiger partial charge on any atom is 0.163 e. The molecule has 33 heavy (non-hydrogen) atoms. The Balaban J connectivity index is 1.62. The molecule has 5 rings (SSSR count). The zero-order valence-corrected chi connectivity index (χ0v) is 18.8. The van der Waals surface area contributed by atoms with Crippen LogP contribution in [0.2, 0.25) is 0 Å². The Hall–Kier alpha value is -3.32. The number of fused-ring (bicyclic) bond motifs is 1. The second kappa shape index (κ2) is 8.56. The van der Waals surface area contributed by atoms with Crippen LogP contribution in [-0.4, -0.2) is 26.5 Å². The standard InChI is InChI=1S/C26H24F2N4O/c1-14-10-21-24(20-5-4-19(27)13-22(20)28)31-25(32-26(21)30-16(14)3)18-7-9-33-23(12-18)17-6-8-29-15(2)11-17/h4-6,8,10-11,13,18,23H,7,9,12H2,1-3H3. The quantitative estimate of drug-likeness (QED) is 0.391. The molecule has 1 fully saturated rings. The maximum absolute atomic E-state index is 14.8. The van der Waals surface area contributed by atoms with Gasteiger partial charge in [-0.2, -0.15) is 0 Å². The molecule has 7 heteroatoms. The third-order valence-electron chi connectivity index (χ3n) is 6.28. The monoisotopic (exact) mass is 446 g/mol. The summed E-state index contributed by atoms with van der Waals surface area (Å²) >= 11 is 0. The van der Waals surface area contributed by atoms with Crippen molar-refractivity contribution in [1.29, 1.82) is 0 Å². The van der Waals surface area contributed by atoms with E-state index >= 15 is 0 Å². The molecule has 1 aliphatic heterocycles. The van der Waals surface area contributed by atoms with Crippen LogP contribution in [0.3, 0.4) is 0 Å². The van der Waals surface area contributed by atoms with Gasteiger partial charge in [-0.3, -0.25) is 4.98 Å². The second-order valence-electron chi connectivity index (χ2n) is 8.63. The smallest absolute Gasteiger partial charge is 0.163 e. The average molecular weight is 447 g/mol. The fraction of sp³-hybridized carbons (Fsp3) is 0.308. The number of aromatic nitrogens is 4. The molecule has 2 unspecified atom stereocenters. The summed E-state index contributed by atoms with van der Waals surface area (Å²) in [7, 11) is 0. The molecule has 0 aliphatic carbocycles. The molecule has 168 valence electrons. The third-order valence-corrected chi connectivity index (χ3v) is 6.28. The predicted octanol–water partition coefficient (Wildman–Crippen LogP) is 5.93. The van der Waals surface area contributed by atoms with Crippen molar-refractivity contribution < 1.29 is 13.5 Å².